The number of benzene rings is 1. The maximum Gasteiger partial charge on any atom is 0.335 e. The van der Waals surface area contributed by atoms with Crippen molar-refractivity contribution in [2.24, 2.45) is 0 Å². The highest BCUT2D eigenvalue weighted by Gasteiger charge is 2.06. The molecule has 0 amide bonds. The molecular formula is C11H12O5S. The van der Waals surface area contributed by atoms with Crippen LogP contribution in [0, 0.1) is 0 Å². The van der Waals surface area contributed by atoms with Gasteiger partial charge in [0.25, 0.3) is 0 Å². The van der Waals surface area contributed by atoms with Gasteiger partial charge in [-0.3, -0.25) is 0 Å². The first-order valence-electron chi connectivity index (χ1n) is 4.76. The first-order valence-corrected chi connectivity index (χ1v) is 6.47. The first kappa shape index (κ1) is 13.2. The smallest absolute Gasteiger partial charge is 0.335 e. The molecule has 0 aliphatic carbocycles. The van der Waals surface area contributed by atoms with Crippen LogP contribution < -0.4 is 4.74 Å². The number of sulfone groups is 1. The third-order valence-electron chi connectivity index (χ3n) is 1.99. The van der Waals surface area contributed by atoms with Crippen molar-refractivity contribution in [2.75, 3.05) is 12.4 Å². The van der Waals surface area contributed by atoms with Crippen LogP contribution in [0.5, 0.6) is 5.75 Å². The van der Waals surface area contributed by atoms with Crippen LogP contribution in [0.25, 0.3) is 0 Å². The van der Waals surface area contributed by atoms with Gasteiger partial charge in [-0.25, -0.2) is 13.2 Å². The van der Waals surface area contributed by atoms with Crippen molar-refractivity contribution in [1.29, 1.82) is 0 Å². The fourth-order valence-electron chi connectivity index (χ4n) is 1.05. The van der Waals surface area contributed by atoms with Crippen molar-refractivity contribution in [3.05, 3.63) is 41.8 Å². The Balaban J connectivity index is 2.53. The number of hydrogen-bond donors (Lipinski definition) is 1. The Labute approximate surface area is 99.3 Å². The normalized spacial score (nSPS) is 10.8. The summed E-state index contributed by atoms with van der Waals surface area (Å²) in [7, 11) is -3.27. The molecule has 5 nitrogen and oxygen atoms in total. The van der Waals surface area contributed by atoms with Gasteiger partial charge < -0.3 is 9.84 Å². The van der Waals surface area contributed by atoms with Crippen molar-refractivity contribution in [3.8, 4) is 5.75 Å². The van der Waals surface area contributed by atoms with Crippen LogP contribution in [0.2, 0.25) is 0 Å². The highest BCUT2D eigenvalue weighted by Crippen LogP contribution is 2.12. The Kier molecular flexibility index (Phi) is 4.28. The monoisotopic (exact) mass is 256 g/mol. The van der Waals surface area contributed by atoms with E-state index in [0.717, 1.165) is 5.41 Å². The van der Waals surface area contributed by atoms with E-state index in [9.17, 15) is 13.2 Å². The number of carboxylic acids is 1. The first-order chi connectivity index (χ1) is 7.94. The standard InChI is InChI=1S/C11H12O5S/c1-2-17(14,15)8-7-16-10-5-3-9(4-6-10)11(12)13/h2-6H,1,7-8H2,(H,12,13). The molecule has 17 heavy (non-hydrogen) atoms. The molecule has 0 saturated carbocycles. The minimum atomic E-state index is -3.27. The van der Waals surface area contributed by atoms with E-state index in [1.54, 1.807) is 0 Å². The minimum absolute atomic E-state index is 0.000765. The van der Waals surface area contributed by atoms with Gasteiger partial charge in [0.2, 0.25) is 0 Å². The molecule has 6 heteroatoms. The van der Waals surface area contributed by atoms with E-state index in [0.29, 0.717) is 5.75 Å². The quantitative estimate of drug-likeness (QED) is 0.830. The predicted octanol–water partition coefficient (Wildman–Crippen LogP) is 1.32. The summed E-state index contributed by atoms with van der Waals surface area (Å²) in [4.78, 5) is 10.6. The molecule has 0 atom stereocenters. The van der Waals surface area contributed by atoms with Crippen LogP contribution in [-0.2, 0) is 9.84 Å². The molecule has 0 spiro atoms. The summed E-state index contributed by atoms with van der Waals surface area (Å²) in [6.45, 7) is 3.18. The Morgan fingerprint density at radius 2 is 1.94 bits per heavy atom. The highest BCUT2D eigenvalue weighted by atomic mass is 32.2. The van der Waals surface area contributed by atoms with Crippen molar-refractivity contribution in [2.45, 2.75) is 0 Å². The van der Waals surface area contributed by atoms with E-state index in [1.807, 2.05) is 0 Å². The SMILES string of the molecule is C=CS(=O)(=O)CCOc1ccc(C(=O)O)cc1. The van der Waals surface area contributed by atoms with Crippen molar-refractivity contribution < 1.29 is 23.1 Å². The molecule has 0 radical (unpaired) electrons. The molecule has 0 bridgehead atoms. The summed E-state index contributed by atoms with van der Waals surface area (Å²) in [6, 6.07) is 5.73. The van der Waals surface area contributed by atoms with Gasteiger partial charge in [-0.05, 0) is 24.3 Å². The topological polar surface area (TPSA) is 80.7 Å². The summed E-state index contributed by atoms with van der Waals surface area (Å²) in [5.74, 6) is -0.753. The fraction of sp³-hybridized carbons (Fsp3) is 0.182. The second kappa shape index (κ2) is 5.49. The fourth-order valence-corrected chi connectivity index (χ4v) is 1.54. The van der Waals surface area contributed by atoms with Crippen molar-refractivity contribution >= 4 is 15.8 Å². The van der Waals surface area contributed by atoms with Gasteiger partial charge in [-0.1, -0.05) is 6.58 Å². The van der Waals surface area contributed by atoms with E-state index >= 15 is 0 Å². The maximum absolute atomic E-state index is 11.1. The molecule has 0 unspecified atom stereocenters. The average Bonchev–Trinajstić information content (AvgIpc) is 2.29. The third kappa shape index (κ3) is 4.28. The van der Waals surface area contributed by atoms with Crippen molar-refractivity contribution in [1.82, 2.24) is 0 Å². The van der Waals surface area contributed by atoms with E-state index in [2.05, 4.69) is 6.58 Å². The largest absolute Gasteiger partial charge is 0.493 e. The molecular weight excluding hydrogens is 244 g/mol. The molecule has 1 aromatic carbocycles. The number of rotatable bonds is 6. The molecule has 0 aromatic heterocycles. The molecule has 92 valence electrons. The van der Waals surface area contributed by atoms with Crippen molar-refractivity contribution in [3.63, 3.8) is 0 Å². The van der Waals surface area contributed by atoms with Gasteiger partial charge in [0.05, 0.1) is 11.3 Å². The number of carboxylic acid groups (broad SMARTS) is 1. The Bertz CT molecular complexity index is 501. The molecule has 0 fully saturated rings. The van der Waals surface area contributed by atoms with Crippen LogP contribution in [0.1, 0.15) is 10.4 Å². The summed E-state index contributed by atoms with van der Waals surface area (Å²) in [5.41, 5.74) is 0.149. The zero-order valence-corrected chi connectivity index (χ0v) is 9.81. The highest BCUT2D eigenvalue weighted by molar-refractivity contribution is 7.94. The summed E-state index contributed by atoms with van der Waals surface area (Å²) < 4.78 is 27.3. The Morgan fingerprint density at radius 3 is 2.41 bits per heavy atom. The van der Waals surface area contributed by atoms with E-state index in [4.69, 9.17) is 9.84 Å². The molecule has 0 saturated heterocycles. The maximum atomic E-state index is 11.1. The molecule has 0 heterocycles. The van der Waals surface area contributed by atoms with Gasteiger partial charge in [-0.15, -0.1) is 0 Å². The van der Waals surface area contributed by atoms with Crippen LogP contribution in [0.3, 0.4) is 0 Å². The lowest BCUT2D eigenvalue weighted by molar-refractivity contribution is 0.0697. The average molecular weight is 256 g/mol. The van der Waals surface area contributed by atoms with Gasteiger partial charge in [0.1, 0.15) is 12.4 Å². The summed E-state index contributed by atoms with van der Waals surface area (Å²) >= 11 is 0. The molecule has 0 aliphatic rings. The minimum Gasteiger partial charge on any atom is -0.493 e. The van der Waals surface area contributed by atoms with Crippen LogP contribution in [0.15, 0.2) is 36.3 Å². The third-order valence-corrected chi connectivity index (χ3v) is 3.24. The number of carbonyl (C=O) groups is 1. The van der Waals surface area contributed by atoms with Gasteiger partial charge >= 0.3 is 5.97 Å². The van der Waals surface area contributed by atoms with Crippen LogP contribution in [0.4, 0.5) is 0 Å². The Hall–Kier alpha value is -1.82. The molecule has 0 aliphatic heterocycles. The van der Waals surface area contributed by atoms with Gasteiger partial charge in [0.15, 0.2) is 9.84 Å². The van der Waals surface area contributed by atoms with Gasteiger partial charge in [-0.2, -0.15) is 0 Å². The number of aromatic carboxylic acids is 1. The number of hydrogen-bond acceptors (Lipinski definition) is 4. The zero-order chi connectivity index (χ0) is 12.9. The lowest BCUT2D eigenvalue weighted by Gasteiger charge is -2.05. The second-order valence-corrected chi connectivity index (χ2v) is 5.28. The van der Waals surface area contributed by atoms with Crippen LogP contribution >= 0.6 is 0 Å². The number of ether oxygens (including phenoxy) is 1. The molecule has 1 aromatic rings. The summed E-state index contributed by atoms with van der Waals surface area (Å²) in [5, 5.41) is 9.54. The summed E-state index contributed by atoms with van der Waals surface area (Å²) in [6.07, 6.45) is 0. The van der Waals surface area contributed by atoms with Crippen LogP contribution in [-0.4, -0.2) is 31.9 Å². The Morgan fingerprint density at radius 1 is 1.35 bits per heavy atom. The molecule has 1 N–H and O–H groups in total. The van der Waals surface area contributed by atoms with E-state index in [-0.39, 0.29) is 17.9 Å². The lowest BCUT2D eigenvalue weighted by Crippen LogP contribution is -2.11. The second-order valence-electron chi connectivity index (χ2n) is 3.21. The lowest BCUT2D eigenvalue weighted by atomic mass is 10.2. The zero-order valence-electron chi connectivity index (χ0n) is 9.00. The predicted molar refractivity (Wildman–Crippen MR) is 62.9 cm³/mol. The molecule has 1 rings (SSSR count). The van der Waals surface area contributed by atoms with Gasteiger partial charge in [0, 0.05) is 5.41 Å². The van der Waals surface area contributed by atoms with E-state index in [1.165, 1.54) is 24.3 Å². The van der Waals surface area contributed by atoms with E-state index < -0.39 is 15.8 Å².